The molecule has 0 saturated carbocycles. The number of hydrogen-bond donors (Lipinski definition) is 5. The van der Waals surface area contributed by atoms with Gasteiger partial charge >= 0.3 is 5.97 Å². The zero-order valence-corrected chi connectivity index (χ0v) is 13.8. The number of carbonyl (C=O) groups is 1. The summed E-state index contributed by atoms with van der Waals surface area (Å²) in [5, 5.41) is 26.3. The Kier molecular flexibility index (Phi) is 6.10. The minimum atomic E-state index is -4.45. The molecule has 25 heavy (non-hydrogen) atoms. The lowest BCUT2D eigenvalue weighted by Gasteiger charge is -2.01. The third-order valence-electron chi connectivity index (χ3n) is 2.63. The van der Waals surface area contributed by atoms with Crippen molar-refractivity contribution in [3.8, 4) is 11.5 Å². The summed E-state index contributed by atoms with van der Waals surface area (Å²) < 4.78 is 59.1. The number of phenolic OH excluding ortho intramolecular Hbond substituents is 1. The van der Waals surface area contributed by atoms with E-state index in [0.717, 1.165) is 24.3 Å². The zero-order chi connectivity index (χ0) is 19.4. The van der Waals surface area contributed by atoms with Gasteiger partial charge in [0.25, 0.3) is 20.2 Å². The molecule has 0 atom stereocenters. The second-order valence-electron chi connectivity index (χ2n) is 4.43. The molecule has 0 unspecified atom stereocenters. The first-order valence-corrected chi connectivity index (χ1v) is 9.00. The highest BCUT2D eigenvalue weighted by Crippen LogP contribution is 2.20. The van der Waals surface area contributed by atoms with Gasteiger partial charge in [-0.1, -0.05) is 0 Å². The lowest BCUT2D eigenvalue weighted by molar-refractivity contribution is 0.0693. The van der Waals surface area contributed by atoms with E-state index in [2.05, 4.69) is 0 Å². The van der Waals surface area contributed by atoms with E-state index in [-0.39, 0.29) is 10.6 Å². The van der Waals surface area contributed by atoms with Crippen LogP contribution in [0.5, 0.6) is 11.5 Å². The molecule has 2 aromatic carbocycles. The lowest BCUT2D eigenvalue weighted by atomic mass is 10.2. The van der Waals surface area contributed by atoms with Crippen molar-refractivity contribution in [2.75, 3.05) is 0 Å². The number of phenols is 2. The maximum atomic E-state index is 10.6. The van der Waals surface area contributed by atoms with E-state index in [9.17, 15) is 21.6 Å². The Balaban J connectivity index is 0.000000257. The molecule has 0 bridgehead atoms. The summed E-state index contributed by atoms with van der Waals surface area (Å²) in [5.74, 6) is -2.09. The van der Waals surface area contributed by atoms with Crippen LogP contribution in [0.2, 0.25) is 0 Å². The quantitative estimate of drug-likeness (QED) is 0.471. The van der Waals surface area contributed by atoms with Gasteiger partial charge in [0.15, 0.2) is 0 Å². The molecule has 2 aromatic rings. The first kappa shape index (κ1) is 20.4. The predicted molar refractivity (Wildman–Crippen MR) is 82.8 cm³/mol. The predicted octanol–water partition coefficient (Wildman–Crippen LogP) is 0.976. The average molecular weight is 392 g/mol. The number of aromatic carboxylic acids is 1. The number of hydrogen-bond acceptors (Lipinski definition) is 7. The maximum absolute atomic E-state index is 10.6. The van der Waals surface area contributed by atoms with E-state index < -0.39 is 42.4 Å². The Hall–Kier alpha value is -2.67. The van der Waals surface area contributed by atoms with Crippen molar-refractivity contribution in [1.82, 2.24) is 0 Å². The molecule has 0 heterocycles. The van der Waals surface area contributed by atoms with Crippen molar-refractivity contribution in [3.05, 3.63) is 48.0 Å². The topological polar surface area (TPSA) is 186 Å². The molecule has 0 aromatic heterocycles. The highest BCUT2D eigenvalue weighted by atomic mass is 32.2. The molecule has 0 aliphatic heterocycles. The summed E-state index contributed by atoms with van der Waals surface area (Å²) in [6.07, 6.45) is 0. The van der Waals surface area contributed by atoms with Crippen molar-refractivity contribution < 1.29 is 46.1 Å². The Morgan fingerprint density at radius 3 is 1.60 bits per heavy atom. The van der Waals surface area contributed by atoms with Crippen LogP contribution in [0.3, 0.4) is 0 Å². The van der Waals surface area contributed by atoms with Crippen LogP contribution in [0.25, 0.3) is 0 Å². The van der Waals surface area contributed by atoms with Gasteiger partial charge < -0.3 is 15.3 Å². The second-order valence-corrected chi connectivity index (χ2v) is 7.27. The summed E-state index contributed by atoms with van der Waals surface area (Å²) in [5.41, 5.74) is -0.583. The highest BCUT2D eigenvalue weighted by Gasteiger charge is 2.16. The summed E-state index contributed by atoms with van der Waals surface area (Å²) in [4.78, 5) is 9.66. The van der Waals surface area contributed by atoms with E-state index in [4.69, 9.17) is 24.4 Å². The molecular formula is C13H12O10S2. The monoisotopic (exact) mass is 392 g/mol. The van der Waals surface area contributed by atoms with Gasteiger partial charge in [-0.25, -0.2) is 4.79 Å². The standard InChI is InChI=1S/C7H6O6S.C6H6O4S/c8-6-2-1-4(14(11,12)13)3-5(6)7(9)10;7-5-1-3-6(4-2-5)11(8,9)10/h1-3,8H,(H,9,10)(H,11,12,13);1-4,7H,(H,8,9,10). The van der Waals surface area contributed by atoms with Crippen LogP contribution in [0.15, 0.2) is 52.3 Å². The number of carboxylic acid groups (broad SMARTS) is 1. The highest BCUT2D eigenvalue weighted by molar-refractivity contribution is 7.86. The van der Waals surface area contributed by atoms with Crippen molar-refractivity contribution in [2.24, 2.45) is 0 Å². The van der Waals surface area contributed by atoms with E-state index in [1.165, 1.54) is 12.1 Å². The Morgan fingerprint density at radius 2 is 1.20 bits per heavy atom. The van der Waals surface area contributed by atoms with Gasteiger partial charge in [-0.2, -0.15) is 16.8 Å². The third kappa shape index (κ3) is 6.04. The van der Waals surface area contributed by atoms with Crippen LogP contribution in [-0.2, 0) is 20.2 Å². The van der Waals surface area contributed by atoms with Crippen LogP contribution in [0.4, 0.5) is 0 Å². The van der Waals surface area contributed by atoms with Crippen LogP contribution >= 0.6 is 0 Å². The van der Waals surface area contributed by atoms with Crippen LogP contribution < -0.4 is 0 Å². The zero-order valence-electron chi connectivity index (χ0n) is 12.1. The minimum Gasteiger partial charge on any atom is -0.508 e. The fraction of sp³-hybridized carbons (Fsp3) is 0. The van der Waals surface area contributed by atoms with Gasteiger partial charge in [-0.15, -0.1) is 0 Å². The van der Waals surface area contributed by atoms with Crippen LogP contribution in [-0.4, -0.2) is 47.2 Å². The molecular weight excluding hydrogens is 380 g/mol. The Labute approximate surface area is 142 Å². The maximum Gasteiger partial charge on any atom is 0.339 e. The van der Waals surface area contributed by atoms with Crippen molar-refractivity contribution in [1.29, 1.82) is 0 Å². The van der Waals surface area contributed by atoms with Gasteiger partial charge in [0.05, 0.1) is 9.79 Å². The molecule has 0 saturated heterocycles. The fourth-order valence-electron chi connectivity index (χ4n) is 1.47. The molecule has 136 valence electrons. The minimum absolute atomic E-state index is 0.0441. The Bertz CT molecular complexity index is 976. The SMILES string of the molecule is O=C(O)c1cc(S(=O)(=O)O)ccc1O.O=S(=O)(O)c1ccc(O)cc1. The second kappa shape index (κ2) is 7.48. The lowest BCUT2D eigenvalue weighted by Crippen LogP contribution is -2.02. The fourth-order valence-corrected chi connectivity index (χ4v) is 2.45. The van der Waals surface area contributed by atoms with E-state index in [1.807, 2.05) is 0 Å². The van der Waals surface area contributed by atoms with Crippen molar-refractivity contribution >= 4 is 26.2 Å². The summed E-state index contributed by atoms with van der Waals surface area (Å²) in [7, 11) is -8.58. The van der Waals surface area contributed by atoms with Crippen LogP contribution in [0.1, 0.15) is 10.4 Å². The molecule has 0 aliphatic rings. The number of carboxylic acids is 1. The Morgan fingerprint density at radius 1 is 0.760 bits per heavy atom. The van der Waals surface area contributed by atoms with Crippen molar-refractivity contribution in [2.45, 2.75) is 9.79 Å². The number of benzene rings is 2. The molecule has 12 heteroatoms. The first-order chi connectivity index (χ1) is 11.3. The van der Waals surface area contributed by atoms with Gasteiger partial charge in [-0.05, 0) is 42.5 Å². The van der Waals surface area contributed by atoms with Gasteiger partial charge in [0.1, 0.15) is 17.1 Å². The smallest absolute Gasteiger partial charge is 0.339 e. The third-order valence-corrected chi connectivity index (χ3v) is 4.35. The molecule has 2 rings (SSSR count). The van der Waals surface area contributed by atoms with E-state index >= 15 is 0 Å². The molecule has 0 aliphatic carbocycles. The van der Waals surface area contributed by atoms with Gasteiger partial charge in [-0.3, -0.25) is 9.11 Å². The van der Waals surface area contributed by atoms with Crippen LogP contribution in [0, 0.1) is 0 Å². The van der Waals surface area contributed by atoms with E-state index in [0.29, 0.717) is 6.07 Å². The molecule has 5 N–H and O–H groups in total. The molecule has 0 fully saturated rings. The van der Waals surface area contributed by atoms with Gasteiger partial charge in [0.2, 0.25) is 0 Å². The molecule has 0 amide bonds. The molecule has 0 spiro atoms. The summed E-state index contributed by atoms with van der Waals surface area (Å²) >= 11 is 0. The molecule has 10 nitrogen and oxygen atoms in total. The summed E-state index contributed by atoms with van der Waals surface area (Å²) in [6, 6.07) is 7.05. The number of rotatable bonds is 3. The largest absolute Gasteiger partial charge is 0.508 e. The van der Waals surface area contributed by atoms with E-state index in [1.54, 1.807) is 0 Å². The summed E-state index contributed by atoms with van der Waals surface area (Å²) in [6.45, 7) is 0. The van der Waals surface area contributed by atoms with Gasteiger partial charge in [0, 0.05) is 0 Å². The normalized spacial score (nSPS) is 11.3. The number of aromatic hydroxyl groups is 2. The molecule has 0 radical (unpaired) electrons. The first-order valence-electron chi connectivity index (χ1n) is 6.12. The van der Waals surface area contributed by atoms with Crippen molar-refractivity contribution in [3.63, 3.8) is 0 Å². The average Bonchev–Trinajstić information content (AvgIpc) is 2.46.